The summed E-state index contributed by atoms with van der Waals surface area (Å²) in [4.78, 5) is 2.37. The number of benzene rings is 2. The molecule has 3 rings (SSSR count). The van der Waals surface area contributed by atoms with E-state index in [1.54, 1.807) is 0 Å². The van der Waals surface area contributed by atoms with E-state index in [4.69, 9.17) is 10.5 Å². The Labute approximate surface area is 126 Å². The van der Waals surface area contributed by atoms with Crippen molar-refractivity contribution in [1.29, 1.82) is 0 Å². The fraction of sp³-hybridized carbons (Fsp3) is 0.375. The highest BCUT2D eigenvalue weighted by molar-refractivity contribution is 5.85. The Kier molecular flexibility index (Phi) is 5.24. The van der Waals surface area contributed by atoms with E-state index in [1.165, 1.54) is 10.8 Å². The second-order valence-corrected chi connectivity index (χ2v) is 5.21. The first-order valence-corrected chi connectivity index (χ1v) is 6.91. The largest absolute Gasteiger partial charge is 0.492 e. The van der Waals surface area contributed by atoms with Crippen molar-refractivity contribution in [2.24, 2.45) is 5.73 Å². The molecule has 0 aromatic heterocycles. The SMILES string of the molecule is Cl.NC1CCN(CCOc2ccc3ccccc3c2)C1. The van der Waals surface area contributed by atoms with E-state index in [2.05, 4.69) is 41.3 Å². The molecule has 0 saturated carbocycles. The van der Waals surface area contributed by atoms with Crippen LogP contribution in [-0.2, 0) is 0 Å². The minimum Gasteiger partial charge on any atom is -0.492 e. The van der Waals surface area contributed by atoms with Gasteiger partial charge in [-0.25, -0.2) is 0 Å². The molecule has 3 nitrogen and oxygen atoms in total. The van der Waals surface area contributed by atoms with Crippen molar-refractivity contribution in [2.45, 2.75) is 12.5 Å². The van der Waals surface area contributed by atoms with Gasteiger partial charge >= 0.3 is 0 Å². The predicted molar refractivity (Wildman–Crippen MR) is 85.7 cm³/mol. The second kappa shape index (κ2) is 6.93. The topological polar surface area (TPSA) is 38.5 Å². The molecule has 1 saturated heterocycles. The molecule has 1 heterocycles. The molecule has 1 atom stereocenters. The molecular formula is C16H21ClN2O. The van der Waals surface area contributed by atoms with Crippen molar-refractivity contribution < 1.29 is 4.74 Å². The molecule has 20 heavy (non-hydrogen) atoms. The van der Waals surface area contributed by atoms with Crippen LogP contribution in [0.5, 0.6) is 5.75 Å². The summed E-state index contributed by atoms with van der Waals surface area (Å²) in [5, 5.41) is 2.48. The fourth-order valence-corrected chi connectivity index (χ4v) is 2.62. The number of ether oxygens (including phenoxy) is 1. The highest BCUT2D eigenvalue weighted by atomic mass is 35.5. The summed E-state index contributed by atoms with van der Waals surface area (Å²) in [5.74, 6) is 0.946. The van der Waals surface area contributed by atoms with E-state index < -0.39 is 0 Å². The quantitative estimate of drug-likeness (QED) is 0.941. The number of rotatable bonds is 4. The van der Waals surface area contributed by atoms with Crippen LogP contribution in [0.25, 0.3) is 10.8 Å². The maximum atomic E-state index is 5.89. The van der Waals surface area contributed by atoms with Gasteiger partial charge < -0.3 is 10.5 Å². The molecule has 0 aliphatic carbocycles. The van der Waals surface area contributed by atoms with Crippen LogP contribution in [0.1, 0.15) is 6.42 Å². The van der Waals surface area contributed by atoms with Crippen LogP contribution in [0.4, 0.5) is 0 Å². The van der Waals surface area contributed by atoms with Gasteiger partial charge in [-0.05, 0) is 35.9 Å². The fourth-order valence-electron chi connectivity index (χ4n) is 2.62. The molecule has 0 spiro atoms. The van der Waals surface area contributed by atoms with Gasteiger partial charge in [0.05, 0.1) is 0 Å². The van der Waals surface area contributed by atoms with Gasteiger partial charge in [-0.3, -0.25) is 4.90 Å². The van der Waals surface area contributed by atoms with Crippen LogP contribution in [-0.4, -0.2) is 37.2 Å². The second-order valence-electron chi connectivity index (χ2n) is 5.21. The summed E-state index contributed by atoms with van der Waals surface area (Å²) < 4.78 is 5.83. The van der Waals surface area contributed by atoms with Crippen LogP contribution >= 0.6 is 12.4 Å². The summed E-state index contributed by atoms with van der Waals surface area (Å²) in [6.45, 7) is 3.79. The molecule has 1 aliphatic heterocycles. The van der Waals surface area contributed by atoms with Crippen LogP contribution < -0.4 is 10.5 Å². The third kappa shape index (κ3) is 3.63. The first kappa shape index (κ1) is 15.1. The Hall–Kier alpha value is -1.29. The van der Waals surface area contributed by atoms with Crippen molar-refractivity contribution >= 4 is 23.2 Å². The lowest BCUT2D eigenvalue weighted by Crippen LogP contribution is -2.29. The molecule has 2 aromatic rings. The Morgan fingerprint density at radius 2 is 1.95 bits per heavy atom. The van der Waals surface area contributed by atoms with Crippen LogP contribution in [0.3, 0.4) is 0 Å². The standard InChI is InChI=1S/C16H20N2O.ClH/c17-15-7-8-18(12-15)9-10-19-16-6-5-13-3-1-2-4-14(13)11-16;/h1-6,11,15H,7-10,12,17H2;1H. The molecule has 0 bridgehead atoms. The molecular weight excluding hydrogens is 272 g/mol. The van der Waals surface area contributed by atoms with Crippen molar-refractivity contribution in [3.8, 4) is 5.75 Å². The zero-order chi connectivity index (χ0) is 13.1. The summed E-state index contributed by atoms with van der Waals surface area (Å²) in [6, 6.07) is 14.9. The van der Waals surface area contributed by atoms with Crippen molar-refractivity contribution in [1.82, 2.24) is 4.90 Å². The summed E-state index contributed by atoms with van der Waals surface area (Å²) >= 11 is 0. The van der Waals surface area contributed by atoms with E-state index in [-0.39, 0.29) is 12.4 Å². The summed E-state index contributed by atoms with van der Waals surface area (Å²) in [5.41, 5.74) is 5.89. The average Bonchev–Trinajstić information content (AvgIpc) is 2.84. The summed E-state index contributed by atoms with van der Waals surface area (Å²) in [7, 11) is 0. The molecule has 4 heteroatoms. The van der Waals surface area contributed by atoms with Gasteiger partial charge in [0.25, 0.3) is 0 Å². The number of fused-ring (bicyclic) bond motifs is 1. The highest BCUT2D eigenvalue weighted by Gasteiger charge is 2.18. The predicted octanol–water partition coefficient (Wildman–Crippen LogP) is 2.67. The molecule has 2 N–H and O–H groups in total. The maximum Gasteiger partial charge on any atom is 0.120 e. The number of likely N-dealkylation sites (tertiary alicyclic amines) is 1. The number of halogens is 1. The normalized spacial score (nSPS) is 18.9. The van der Waals surface area contributed by atoms with Gasteiger partial charge in [-0.2, -0.15) is 0 Å². The Balaban J connectivity index is 0.00000147. The van der Waals surface area contributed by atoms with E-state index in [0.717, 1.165) is 38.4 Å². The molecule has 1 unspecified atom stereocenters. The minimum absolute atomic E-state index is 0. The molecule has 108 valence electrons. The average molecular weight is 293 g/mol. The molecule has 1 fully saturated rings. The third-order valence-electron chi connectivity index (χ3n) is 3.71. The lowest BCUT2D eigenvalue weighted by Gasteiger charge is -2.15. The number of hydrogen-bond donors (Lipinski definition) is 1. The van der Waals surface area contributed by atoms with Crippen LogP contribution in [0, 0.1) is 0 Å². The van der Waals surface area contributed by atoms with E-state index in [0.29, 0.717) is 6.04 Å². The van der Waals surface area contributed by atoms with Gasteiger partial charge in [0.15, 0.2) is 0 Å². The zero-order valence-electron chi connectivity index (χ0n) is 11.5. The monoisotopic (exact) mass is 292 g/mol. The first-order valence-electron chi connectivity index (χ1n) is 6.91. The number of nitrogens with two attached hydrogens (primary N) is 1. The van der Waals surface area contributed by atoms with E-state index in [1.807, 2.05) is 6.07 Å². The Morgan fingerprint density at radius 1 is 1.15 bits per heavy atom. The Bertz CT molecular complexity index is 561. The first-order chi connectivity index (χ1) is 9.31. The number of nitrogens with zero attached hydrogens (tertiary/aromatic N) is 1. The molecule has 2 aromatic carbocycles. The molecule has 0 radical (unpaired) electrons. The van der Waals surface area contributed by atoms with Gasteiger partial charge in [0.1, 0.15) is 12.4 Å². The molecule has 1 aliphatic rings. The van der Waals surface area contributed by atoms with Gasteiger partial charge in [0, 0.05) is 19.1 Å². The smallest absolute Gasteiger partial charge is 0.120 e. The third-order valence-corrected chi connectivity index (χ3v) is 3.71. The lowest BCUT2D eigenvalue weighted by molar-refractivity contribution is 0.236. The van der Waals surface area contributed by atoms with Crippen molar-refractivity contribution in [2.75, 3.05) is 26.2 Å². The Morgan fingerprint density at radius 3 is 2.70 bits per heavy atom. The summed E-state index contributed by atoms with van der Waals surface area (Å²) in [6.07, 6.45) is 1.11. The highest BCUT2D eigenvalue weighted by Crippen LogP contribution is 2.20. The van der Waals surface area contributed by atoms with E-state index >= 15 is 0 Å². The minimum atomic E-state index is 0. The van der Waals surface area contributed by atoms with Gasteiger partial charge in [-0.1, -0.05) is 30.3 Å². The van der Waals surface area contributed by atoms with Crippen molar-refractivity contribution in [3.63, 3.8) is 0 Å². The van der Waals surface area contributed by atoms with Crippen LogP contribution in [0.2, 0.25) is 0 Å². The van der Waals surface area contributed by atoms with E-state index in [9.17, 15) is 0 Å². The number of hydrogen-bond acceptors (Lipinski definition) is 3. The zero-order valence-corrected chi connectivity index (χ0v) is 12.3. The molecule has 0 amide bonds. The van der Waals surface area contributed by atoms with Gasteiger partial charge in [-0.15, -0.1) is 12.4 Å². The lowest BCUT2D eigenvalue weighted by atomic mass is 10.1. The maximum absolute atomic E-state index is 5.89. The van der Waals surface area contributed by atoms with Gasteiger partial charge in [0.2, 0.25) is 0 Å². The van der Waals surface area contributed by atoms with Crippen molar-refractivity contribution in [3.05, 3.63) is 42.5 Å². The van der Waals surface area contributed by atoms with Crippen LogP contribution in [0.15, 0.2) is 42.5 Å².